The maximum absolute atomic E-state index is 13.8. The zero-order valence-electron chi connectivity index (χ0n) is 12.3. The molecule has 0 atom stereocenters. The molecule has 4 heteroatoms. The van der Waals surface area contributed by atoms with Gasteiger partial charge in [0.25, 0.3) is 0 Å². The van der Waals surface area contributed by atoms with Gasteiger partial charge in [-0.25, -0.2) is 9.18 Å². The molecule has 0 aliphatic carbocycles. The number of thioether (sulfide) groups is 1. The minimum absolute atomic E-state index is 0.0302. The fourth-order valence-electron chi connectivity index (χ4n) is 1.89. The van der Waals surface area contributed by atoms with Crippen molar-refractivity contribution in [2.45, 2.75) is 24.5 Å². The van der Waals surface area contributed by atoms with Gasteiger partial charge in [0.05, 0.1) is 12.7 Å². The maximum atomic E-state index is 13.8. The number of benzene rings is 2. The van der Waals surface area contributed by atoms with Gasteiger partial charge in [0, 0.05) is 10.6 Å². The highest BCUT2D eigenvalue weighted by Crippen LogP contribution is 2.25. The van der Waals surface area contributed by atoms with E-state index in [1.807, 2.05) is 0 Å². The Morgan fingerprint density at radius 1 is 1.14 bits per heavy atom. The van der Waals surface area contributed by atoms with Gasteiger partial charge in [-0.3, -0.25) is 0 Å². The second-order valence-corrected chi connectivity index (χ2v) is 5.89. The van der Waals surface area contributed by atoms with Gasteiger partial charge < -0.3 is 4.74 Å². The number of ether oxygens (including phenoxy) is 1. The molecule has 0 aliphatic heterocycles. The van der Waals surface area contributed by atoms with Crippen molar-refractivity contribution >= 4 is 17.7 Å². The summed E-state index contributed by atoms with van der Waals surface area (Å²) in [6, 6.07) is 10.9. The van der Waals surface area contributed by atoms with Gasteiger partial charge in [0.2, 0.25) is 0 Å². The van der Waals surface area contributed by atoms with E-state index in [1.54, 1.807) is 17.8 Å². The Hall–Kier alpha value is -1.81. The molecule has 0 aliphatic rings. The minimum Gasteiger partial charge on any atom is -0.465 e. The summed E-state index contributed by atoms with van der Waals surface area (Å²) >= 11 is 1.64. The van der Waals surface area contributed by atoms with Crippen LogP contribution >= 0.6 is 11.8 Å². The van der Waals surface area contributed by atoms with Crippen molar-refractivity contribution in [1.29, 1.82) is 0 Å². The molecule has 0 amide bonds. The Morgan fingerprint density at radius 3 is 2.52 bits per heavy atom. The number of methoxy groups -OCH3 is 1. The van der Waals surface area contributed by atoms with E-state index in [9.17, 15) is 9.18 Å². The SMILES string of the molecule is COC(=O)c1ccc(CSc2ccc(C)c(C)c2)cc1F. The summed E-state index contributed by atoms with van der Waals surface area (Å²) in [7, 11) is 1.24. The third-order valence-electron chi connectivity index (χ3n) is 3.32. The molecule has 2 rings (SSSR count). The zero-order chi connectivity index (χ0) is 15.4. The first-order valence-corrected chi connectivity index (χ1v) is 7.56. The third-order valence-corrected chi connectivity index (χ3v) is 4.39. The zero-order valence-corrected chi connectivity index (χ0v) is 13.1. The van der Waals surface area contributed by atoms with E-state index in [-0.39, 0.29) is 5.56 Å². The van der Waals surface area contributed by atoms with Crippen LogP contribution in [0.1, 0.15) is 27.0 Å². The topological polar surface area (TPSA) is 26.3 Å². The van der Waals surface area contributed by atoms with Gasteiger partial charge in [0.15, 0.2) is 0 Å². The lowest BCUT2D eigenvalue weighted by Crippen LogP contribution is -2.04. The monoisotopic (exact) mass is 304 g/mol. The van der Waals surface area contributed by atoms with Crippen LogP contribution in [0.15, 0.2) is 41.3 Å². The Balaban J connectivity index is 2.08. The van der Waals surface area contributed by atoms with Crippen molar-refractivity contribution in [3.63, 3.8) is 0 Å². The minimum atomic E-state index is -0.652. The highest BCUT2D eigenvalue weighted by Gasteiger charge is 2.12. The summed E-state index contributed by atoms with van der Waals surface area (Å²) < 4.78 is 18.3. The third kappa shape index (κ3) is 3.85. The quantitative estimate of drug-likeness (QED) is 0.613. The van der Waals surface area contributed by atoms with Crippen molar-refractivity contribution in [3.05, 3.63) is 64.5 Å². The highest BCUT2D eigenvalue weighted by atomic mass is 32.2. The molecule has 0 saturated heterocycles. The molecule has 2 aromatic rings. The predicted octanol–water partition coefficient (Wildman–Crippen LogP) is 4.52. The number of esters is 1. The van der Waals surface area contributed by atoms with E-state index in [0.717, 1.165) is 10.5 Å². The van der Waals surface area contributed by atoms with Crippen LogP contribution in [-0.2, 0) is 10.5 Å². The fourth-order valence-corrected chi connectivity index (χ4v) is 2.83. The number of rotatable bonds is 4. The van der Waals surface area contributed by atoms with E-state index in [2.05, 4.69) is 36.8 Å². The molecule has 0 unspecified atom stereocenters. The molecule has 0 spiro atoms. The molecule has 0 fully saturated rings. The van der Waals surface area contributed by atoms with E-state index < -0.39 is 11.8 Å². The molecule has 110 valence electrons. The van der Waals surface area contributed by atoms with Gasteiger partial charge in [-0.1, -0.05) is 12.1 Å². The first-order valence-electron chi connectivity index (χ1n) is 6.58. The Kier molecular flexibility index (Phi) is 5.02. The smallest absolute Gasteiger partial charge is 0.340 e. The molecule has 0 N–H and O–H groups in total. The van der Waals surface area contributed by atoms with Crippen molar-refractivity contribution in [2.75, 3.05) is 7.11 Å². The average Bonchev–Trinajstić information content (AvgIpc) is 2.48. The summed E-state index contributed by atoms with van der Waals surface area (Å²) in [6.45, 7) is 4.15. The van der Waals surface area contributed by atoms with E-state index in [4.69, 9.17) is 0 Å². The summed E-state index contributed by atoms with van der Waals surface area (Å²) in [5, 5.41) is 0. The Morgan fingerprint density at radius 2 is 1.90 bits per heavy atom. The Labute approximate surface area is 128 Å². The second kappa shape index (κ2) is 6.76. The number of carbonyl (C=O) groups is 1. The van der Waals surface area contributed by atoms with Crippen LogP contribution in [0.4, 0.5) is 4.39 Å². The molecule has 0 heterocycles. The molecule has 0 aromatic heterocycles. The van der Waals surface area contributed by atoms with Crippen molar-refractivity contribution < 1.29 is 13.9 Å². The number of hydrogen-bond acceptors (Lipinski definition) is 3. The largest absolute Gasteiger partial charge is 0.465 e. The van der Waals surface area contributed by atoms with Crippen LogP contribution in [0.2, 0.25) is 0 Å². The van der Waals surface area contributed by atoms with Crippen LogP contribution in [-0.4, -0.2) is 13.1 Å². The lowest BCUT2D eigenvalue weighted by Gasteiger charge is -2.07. The van der Waals surface area contributed by atoms with Crippen molar-refractivity contribution in [3.8, 4) is 0 Å². The normalized spacial score (nSPS) is 10.5. The maximum Gasteiger partial charge on any atom is 0.340 e. The number of hydrogen-bond donors (Lipinski definition) is 0. The lowest BCUT2D eigenvalue weighted by atomic mass is 10.1. The van der Waals surface area contributed by atoms with Gasteiger partial charge in [0.1, 0.15) is 5.82 Å². The molecule has 0 bridgehead atoms. The van der Waals surface area contributed by atoms with Crippen LogP contribution in [0.3, 0.4) is 0 Å². The molecule has 0 radical (unpaired) electrons. The Bertz CT molecular complexity index is 668. The lowest BCUT2D eigenvalue weighted by molar-refractivity contribution is 0.0595. The summed E-state index contributed by atoms with van der Waals surface area (Å²) in [4.78, 5) is 12.5. The van der Waals surface area contributed by atoms with Crippen molar-refractivity contribution in [2.24, 2.45) is 0 Å². The fraction of sp³-hybridized carbons (Fsp3) is 0.235. The molecule has 2 aromatic carbocycles. The second-order valence-electron chi connectivity index (χ2n) is 4.84. The van der Waals surface area contributed by atoms with E-state index in [0.29, 0.717) is 5.75 Å². The molecular formula is C17H17FO2S. The van der Waals surface area contributed by atoms with Gasteiger partial charge >= 0.3 is 5.97 Å². The first-order chi connectivity index (χ1) is 10.0. The average molecular weight is 304 g/mol. The molecule has 2 nitrogen and oxygen atoms in total. The van der Waals surface area contributed by atoms with Gasteiger partial charge in [-0.2, -0.15) is 0 Å². The highest BCUT2D eigenvalue weighted by molar-refractivity contribution is 7.98. The number of halogens is 1. The van der Waals surface area contributed by atoms with Crippen molar-refractivity contribution in [1.82, 2.24) is 0 Å². The van der Waals surface area contributed by atoms with Crippen LogP contribution in [0.25, 0.3) is 0 Å². The standard InChI is InChI=1S/C17H17FO2S/c1-11-4-6-14(8-12(11)2)21-10-13-5-7-15(16(18)9-13)17(19)20-3/h4-9H,10H2,1-3H3. The number of aryl methyl sites for hydroxylation is 2. The number of carbonyl (C=O) groups excluding carboxylic acids is 1. The molecule has 21 heavy (non-hydrogen) atoms. The van der Waals surface area contributed by atoms with Crippen LogP contribution in [0.5, 0.6) is 0 Å². The summed E-state index contributed by atoms with van der Waals surface area (Å²) in [5.74, 6) is -0.540. The summed E-state index contributed by atoms with van der Waals surface area (Å²) in [5.41, 5.74) is 3.31. The van der Waals surface area contributed by atoms with Crippen LogP contribution in [0, 0.1) is 19.7 Å². The van der Waals surface area contributed by atoms with E-state index in [1.165, 1.54) is 30.4 Å². The van der Waals surface area contributed by atoms with Gasteiger partial charge in [-0.05, 0) is 54.8 Å². The van der Waals surface area contributed by atoms with Crippen LogP contribution < -0.4 is 0 Å². The predicted molar refractivity (Wildman–Crippen MR) is 83.2 cm³/mol. The summed E-state index contributed by atoms with van der Waals surface area (Å²) in [6.07, 6.45) is 0. The molecule has 0 saturated carbocycles. The molecular weight excluding hydrogens is 287 g/mol. The van der Waals surface area contributed by atoms with Gasteiger partial charge in [-0.15, -0.1) is 11.8 Å². The first kappa shape index (κ1) is 15.6. The van der Waals surface area contributed by atoms with E-state index >= 15 is 0 Å².